The third-order valence-corrected chi connectivity index (χ3v) is 7.00. The smallest absolute Gasteiger partial charge is 0.251 e. The van der Waals surface area contributed by atoms with Gasteiger partial charge in [-0.15, -0.1) is 0 Å². The van der Waals surface area contributed by atoms with Crippen LogP contribution in [0.15, 0.2) is 66.1 Å². The number of nitrogens with zero attached hydrogens (tertiary/aromatic N) is 4. The van der Waals surface area contributed by atoms with Crippen molar-refractivity contribution in [1.29, 1.82) is 0 Å². The summed E-state index contributed by atoms with van der Waals surface area (Å²) >= 11 is 0. The summed E-state index contributed by atoms with van der Waals surface area (Å²) in [7, 11) is 0. The van der Waals surface area contributed by atoms with Gasteiger partial charge in [0.05, 0.1) is 5.52 Å². The van der Waals surface area contributed by atoms with Crippen LogP contribution in [0.25, 0.3) is 10.9 Å². The number of aromatic nitrogens is 2. The van der Waals surface area contributed by atoms with Crippen LogP contribution in [-0.2, 0) is 11.3 Å². The van der Waals surface area contributed by atoms with Crippen molar-refractivity contribution < 1.29 is 4.79 Å². The fraction of sp³-hybridized carbons (Fsp3) is 0.393. The topological polar surface area (TPSA) is 70.5 Å². The van der Waals surface area contributed by atoms with Gasteiger partial charge in [0.1, 0.15) is 5.82 Å². The van der Waals surface area contributed by atoms with E-state index >= 15 is 0 Å². The molecule has 2 atom stereocenters. The van der Waals surface area contributed by atoms with E-state index in [2.05, 4.69) is 59.9 Å². The molecule has 0 aliphatic carbocycles. The van der Waals surface area contributed by atoms with Crippen molar-refractivity contribution >= 4 is 22.6 Å². The lowest BCUT2D eigenvalue weighted by molar-refractivity contribution is -0.128. The maximum absolute atomic E-state index is 12.2. The van der Waals surface area contributed by atoms with E-state index in [-0.39, 0.29) is 17.5 Å². The van der Waals surface area contributed by atoms with Gasteiger partial charge in [-0.05, 0) is 43.5 Å². The highest BCUT2D eigenvalue weighted by Gasteiger charge is 2.25. The van der Waals surface area contributed by atoms with E-state index in [9.17, 15) is 9.59 Å². The van der Waals surface area contributed by atoms with Crippen LogP contribution >= 0.6 is 0 Å². The molecule has 1 aliphatic heterocycles. The lowest BCUT2D eigenvalue weighted by Crippen LogP contribution is -2.49. The van der Waals surface area contributed by atoms with E-state index in [1.54, 1.807) is 10.6 Å². The van der Waals surface area contributed by atoms with Crippen molar-refractivity contribution in [1.82, 2.24) is 19.4 Å². The Morgan fingerprint density at radius 1 is 1.09 bits per heavy atom. The standard InChI is InChI=1S/C28H35N5O2/c1-5-24(31-14-16-32(17-15-31)27(34)6-2)22-10-8-21(9-11-22)20(4)30-26-18-25-23(19-29-26)12-13-28(35)33(25)7-3/h6,8-13,18-20,24H,2,5,7,14-17H2,1,3-4H3,(H,29,30)/t20-,24-/m0/s1. The monoisotopic (exact) mass is 473 g/mol. The number of hydrogen-bond donors (Lipinski definition) is 1. The second-order valence-electron chi connectivity index (χ2n) is 9.07. The molecular weight excluding hydrogens is 438 g/mol. The summed E-state index contributed by atoms with van der Waals surface area (Å²) in [6.07, 6.45) is 4.23. The summed E-state index contributed by atoms with van der Waals surface area (Å²) in [5, 5.41) is 4.44. The number of rotatable bonds is 8. The average Bonchev–Trinajstić information content (AvgIpc) is 2.89. The molecule has 3 aromatic rings. The van der Waals surface area contributed by atoms with Crippen molar-refractivity contribution in [3.05, 3.63) is 82.8 Å². The SMILES string of the molecule is C=CC(=O)N1CCN([C@@H](CC)c2ccc([C@H](C)Nc3cc4c(ccc(=O)n4CC)cn3)cc2)CC1. The molecule has 1 aliphatic rings. The number of hydrogen-bond acceptors (Lipinski definition) is 5. The number of amides is 1. The van der Waals surface area contributed by atoms with E-state index in [1.165, 1.54) is 17.2 Å². The molecule has 0 bridgehead atoms. The second kappa shape index (κ2) is 10.9. The Morgan fingerprint density at radius 2 is 1.77 bits per heavy atom. The molecule has 7 nitrogen and oxygen atoms in total. The lowest BCUT2D eigenvalue weighted by atomic mass is 9.98. The van der Waals surface area contributed by atoms with Crippen LogP contribution in [0.1, 0.15) is 50.4 Å². The van der Waals surface area contributed by atoms with Gasteiger partial charge in [-0.2, -0.15) is 0 Å². The fourth-order valence-corrected chi connectivity index (χ4v) is 4.99. The summed E-state index contributed by atoms with van der Waals surface area (Å²) in [5.74, 6) is 0.766. The van der Waals surface area contributed by atoms with Gasteiger partial charge >= 0.3 is 0 Å². The molecule has 0 unspecified atom stereocenters. The first-order valence-corrected chi connectivity index (χ1v) is 12.5. The molecule has 7 heteroatoms. The number of pyridine rings is 2. The van der Waals surface area contributed by atoms with Gasteiger partial charge in [-0.1, -0.05) is 37.8 Å². The van der Waals surface area contributed by atoms with Gasteiger partial charge < -0.3 is 14.8 Å². The van der Waals surface area contributed by atoms with Crippen LogP contribution in [0.2, 0.25) is 0 Å². The number of benzene rings is 1. The van der Waals surface area contributed by atoms with Crippen LogP contribution in [0.3, 0.4) is 0 Å². The van der Waals surface area contributed by atoms with Crippen molar-refractivity contribution in [3.63, 3.8) is 0 Å². The Hall–Kier alpha value is -3.45. The molecule has 3 heterocycles. The molecule has 0 spiro atoms. The third-order valence-electron chi connectivity index (χ3n) is 7.00. The van der Waals surface area contributed by atoms with Gasteiger partial charge in [0.15, 0.2) is 0 Å². The molecule has 35 heavy (non-hydrogen) atoms. The molecule has 1 N–H and O–H groups in total. The summed E-state index contributed by atoms with van der Waals surface area (Å²) in [5.41, 5.74) is 3.36. The summed E-state index contributed by atoms with van der Waals surface area (Å²) in [6, 6.07) is 14.5. The predicted molar refractivity (Wildman–Crippen MR) is 142 cm³/mol. The molecule has 4 rings (SSSR count). The summed E-state index contributed by atoms with van der Waals surface area (Å²) in [6.45, 7) is 13.7. The van der Waals surface area contributed by atoms with Crippen molar-refractivity contribution in [3.8, 4) is 0 Å². The third kappa shape index (κ3) is 5.30. The maximum atomic E-state index is 12.2. The predicted octanol–water partition coefficient (Wildman–Crippen LogP) is 4.37. The Bertz CT molecular complexity index is 1240. The Morgan fingerprint density at radius 3 is 2.40 bits per heavy atom. The van der Waals surface area contributed by atoms with Gasteiger partial charge in [-0.25, -0.2) is 4.98 Å². The van der Waals surface area contributed by atoms with Crippen LogP contribution < -0.4 is 10.9 Å². The van der Waals surface area contributed by atoms with Gasteiger partial charge in [0, 0.05) is 68.5 Å². The molecular formula is C28H35N5O2. The largest absolute Gasteiger partial charge is 0.363 e. The van der Waals surface area contributed by atoms with Crippen LogP contribution in [-0.4, -0.2) is 51.4 Å². The Labute approximate surface area is 207 Å². The first-order valence-electron chi connectivity index (χ1n) is 12.5. The minimum atomic E-state index is -0.0000149. The van der Waals surface area contributed by atoms with E-state index < -0.39 is 0 Å². The van der Waals surface area contributed by atoms with Crippen LogP contribution in [0.4, 0.5) is 5.82 Å². The van der Waals surface area contributed by atoms with E-state index in [0.717, 1.165) is 49.3 Å². The number of carbonyl (C=O) groups excluding carboxylic acids is 1. The number of fused-ring (bicyclic) bond motifs is 1. The quantitative estimate of drug-likeness (QED) is 0.492. The Balaban J connectivity index is 1.45. The van der Waals surface area contributed by atoms with Crippen molar-refractivity contribution in [2.45, 2.75) is 45.8 Å². The van der Waals surface area contributed by atoms with Crippen LogP contribution in [0, 0.1) is 0 Å². The lowest BCUT2D eigenvalue weighted by Gasteiger charge is -2.39. The van der Waals surface area contributed by atoms with Crippen molar-refractivity contribution in [2.75, 3.05) is 31.5 Å². The van der Waals surface area contributed by atoms with E-state index in [4.69, 9.17) is 0 Å². The number of aryl methyl sites for hydroxylation is 1. The normalized spacial score (nSPS) is 16.1. The van der Waals surface area contributed by atoms with Gasteiger partial charge in [0.2, 0.25) is 5.91 Å². The molecule has 184 valence electrons. The first-order chi connectivity index (χ1) is 16.9. The van der Waals surface area contributed by atoms with E-state index in [0.29, 0.717) is 12.6 Å². The first kappa shape index (κ1) is 24.7. The van der Waals surface area contributed by atoms with Gasteiger partial charge in [0.25, 0.3) is 5.56 Å². The minimum absolute atomic E-state index is 0.0000149. The minimum Gasteiger partial charge on any atom is -0.363 e. The van der Waals surface area contributed by atoms with Crippen molar-refractivity contribution in [2.24, 2.45) is 0 Å². The highest BCUT2D eigenvalue weighted by atomic mass is 16.2. The van der Waals surface area contributed by atoms with Crippen LogP contribution in [0.5, 0.6) is 0 Å². The summed E-state index contributed by atoms with van der Waals surface area (Å²) < 4.78 is 1.76. The zero-order valence-corrected chi connectivity index (χ0v) is 20.9. The highest BCUT2D eigenvalue weighted by Crippen LogP contribution is 2.28. The second-order valence-corrected chi connectivity index (χ2v) is 9.07. The molecule has 1 amide bonds. The zero-order valence-electron chi connectivity index (χ0n) is 20.9. The fourth-order valence-electron chi connectivity index (χ4n) is 4.99. The number of nitrogens with one attached hydrogen (secondary N) is 1. The molecule has 0 radical (unpaired) electrons. The highest BCUT2D eigenvalue weighted by molar-refractivity contribution is 5.87. The maximum Gasteiger partial charge on any atom is 0.251 e. The number of piperazine rings is 1. The van der Waals surface area contributed by atoms with E-state index in [1.807, 2.05) is 30.2 Å². The Kier molecular flexibility index (Phi) is 7.66. The molecule has 1 aromatic carbocycles. The molecule has 1 fully saturated rings. The average molecular weight is 474 g/mol. The molecule has 0 saturated carbocycles. The number of anilines is 1. The van der Waals surface area contributed by atoms with Gasteiger partial charge in [-0.3, -0.25) is 14.5 Å². The zero-order chi connectivity index (χ0) is 24.9. The number of carbonyl (C=O) groups is 1. The summed E-state index contributed by atoms with van der Waals surface area (Å²) in [4.78, 5) is 33.0. The molecule has 2 aromatic heterocycles. The molecule has 1 saturated heterocycles.